The first kappa shape index (κ1) is 18.2. The second-order valence-corrected chi connectivity index (χ2v) is 5.60. The maximum atomic E-state index is 11.6. The first-order valence-electron chi connectivity index (χ1n) is 6.73. The molecule has 0 saturated carbocycles. The predicted molar refractivity (Wildman–Crippen MR) is 90.2 cm³/mol. The molecule has 1 aromatic rings. The molecule has 1 aliphatic heterocycles. The normalized spacial score (nSPS) is 14.5. The highest BCUT2D eigenvalue weighted by Gasteiger charge is 2.15. The van der Waals surface area contributed by atoms with Gasteiger partial charge in [0.1, 0.15) is 0 Å². The number of carbonyl (C=O) groups is 1. The standard InChI is InChI=1S/C14H20BrN3O2.ClH/c1-16-10-14(19)17-9-11-2-3-12(15)8-13(11)18-4-6-20-7-5-18;/h2-3,8,16H,4-7,9-10H2,1H3,(H,17,19);1H. The fraction of sp³-hybridized carbons (Fsp3) is 0.500. The lowest BCUT2D eigenvalue weighted by Crippen LogP contribution is -2.37. The molecule has 2 N–H and O–H groups in total. The van der Waals surface area contributed by atoms with Crippen molar-refractivity contribution in [2.24, 2.45) is 0 Å². The Kier molecular flexibility index (Phi) is 8.03. The number of hydrogen-bond acceptors (Lipinski definition) is 4. The van der Waals surface area contributed by atoms with Crippen molar-refractivity contribution >= 4 is 39.9 Å². The third-order valence-electron chi connectivity index (χ3n) is 3.21. The fourth-order valence-electron chi connectivity index (χ4n) is 2.20. The molecule has 2 rings (SSSR count). The lowest BCUT2D eigenvalue weighted by molar-refractivity contribution is -0.120. The van der Waals surface area contributed by atoms with Crippen LogP contribution in [0.3, 0.4) is 0 Å². The van der Waals surface area contributed by atoms with E-state index in [1.54, 1.807) is 7.05 Å². The summed E-state index contributed by atoms with van der Waals surface area (Å²) in [5.74, 6) is 0.00310. The van der Waals surface area contributed by atoms with Crippen molar-refractivity contribution < 1.29 is 9.53 Å². The topological polar surface area (TPSA) is 53.6 Å². The Morgan fingerprint density at radius 2 is 2.10 bits per heavy atom. The predicted octanol–water partition coefficient (Wildman–Crippen LogP) is 1.54. The van der Waals surface area contributed by atoms with Gasteiger partial charge in [-0.25, -0.2) is 0 Å². The molecule has 1 amide bonds. The number of hydrogen-bond donors (Lipinski definition) is 2. The number of carbonyl (C=O) groups excluding carboxylic acids is 1. The first-order chi connectivity index (χ1) is 9.70. The van der Waals surface area contributed by atoms with Gasteiger partial charge in [-0.15, -0.1) is 12.4 Å². The van der Waals surface area contributed by atoms with Crippen LogP contribution in [0, 0.1) is 0 Å². The number of halogens is 2. The van der Waals surface area contributed by atoms with Crippen LogP contribution in [0.5, 0.6) is 0 Å². The van der Waals surface area contributed by atoms with Gasteiger partial charge < -0.3 is 20.3 Å². The summed E-state index contributed by atoms with van der Waals surface area (Å²) in [6, 6.07) is 6.16. The summed E-state index contributed by atoms with van der Waals surface area (Å²) in [7, 11) is 1.76. The number of likely N-dealkylation sites (N-methyl/N-ethyl adjacent to an activating group) is 1. The molecule has 0 aromatic heterocycles. The number of benzene rings is 1. The van der Waals surface area contributed by atoms with Crippen molar-refractivity contribution in [1.82, 2.24) is 10.6 Å². The molecule has 1 aliphatic rings. The Bertz CT molecular complexity index is 468. The van der Waals surface area contributed by atoms with Crippen LogP contribution in [-0.2, 0) is 16.1 Å². The number of rotatable bonds is 5. The van der Waals surface area contributed by atoms with Gasteiger partial charge in [0.05, 0.1) is 19.8 Å². The van der Waals surface area contributed by atoms with Crippen molar-refractivity contribution in [2.45, 2.75) is 6.54 Å². The fourth-order valence-corrected chi connectivity index (χ4v) is 2.55. The maximum Gasteiger partial charge on any atom is 0.234 e. The summed E-state index contributed by atoms with van der Waals surface area (Å²) in [6.45, 7) is 4.14. The molecule has 0 bridgehead atoms. The van der Waals surface area contributed by atoms with Gasteiger partial charge in [-0.3, -0.25) is 4.79 Å². The van der Waals surface area contributed by atoms with E-state index in [0.29, 0.717) is 13.1 Å². The average molecular weight is 379 g/mol. The van der Waals surface area contributed by atoms with Crippen molar-refractivity contribution in [3.63, 3.8) is 0 Å². The van der Waals surface area contributed by atoms with Crippen LogP contribution in [0.2, 0.25) is 0 Å². The molecule has 7 heteroatoms. The van der Waals surface area contributed by atoms with Crippen LogP contribution < -0.4 is 15.5 Å². The van der Waals surface area contributed by atoms with Gasteiger partial charge in [0.25, 0.3) is 0 Å². The summed E-state index contributed by atoms with van der Waals surface area (Å²) in [6.07, 6.45) is 0. The van der Waals surface area contributed by atoms with E-state index in [-0.39, 0.29) is 18.3 Å². The Labute approximate surface area is 140 Å². The molecule has 0 atom stereocenters. The number of nitrogens with zero attached hydrogens (tertiary/aromatic N) is 1. The van der Waals surface area contributed by atoms with Gasteiger partial charge in [-0.05, 0) is 24.7 Å². The van der Waals surface area contributed by atoms with E-state index in [1.165, 1.54) is 0 Å². The molecular formula is C14H21BrClN3O2. The minimum atomic E-state index is 0. The summed E-state index contributed by atoms with van der Waals surface area (Å²) in [5, 5.41) is 5.77. The molecule has 1 saturated heterocycles. The monoisotopic (exact) mass is 377 g/mol. The zero-order chi connectivity index (χ0) is 14.4. The van der Waals surface area contributed by atoms with E-state index < -0.39 is 0 Å². The Morgan fingerprint density at radius 1 is 1.38 bits per heavy atom. The number of nitrogens with one attached hydrogen (secondary N) is 2. The third-order valence-corrected chi connectivity index (χ3v) is 3.71. The molecule has 0 aliphatic carbocycles. The largest absolute Gasteiger partial charge is 0.378 e. The second-order valence-electron chi connectivity index (χ2n) is 4.68. The third kappa shape index (κ3) is 5.47. The van der Waals surface area contributed by atoms with Gasteiger partial charge >= 0.3 is 0 Å². The van der Waals surface area contributed by atoms with Gasteiger partial charge in [0.15, 0.2) is 0 Å². The summed E-state index contributed by atoms with van der Waals surface area (Å²) >= 11 is 3.51. The number of morpholine rings is 1. The second kappa shape index (κ2) is 9.25. The highest BCUT2D eigenvalue weighted by Crippen LogP contribution is 2.26. The van der Waals surface area contributed by atoms with Gasteiger partial charge in [0, 0.05) is 29.8 Å². The van der Waals surface area contributed by atoms with Crippen molar-refractivity contribution in [3.05, 3.63) is 28.2 Å². The minimum absolute atomic E-state index is 0. The zero-order valence-corrected chi connectivity index (χ0v) is 14.4. The average Bonchev–Trinajstić information content (AvgIpc) is 2.47. The Balaban J connectivity index is 0.00000220. The molecule has 0 unspecified atom stereocenters. The maximum absolute atomic E-state index is 11.6. The van der Waals surface area contributed by atoms with E-state index in [9.17, 15) is 4.79 Å². The molecule has 1 aromatic carbocycles. The van der Waals surface area contributed by atoms with Crippen LogP contribution in [0.4, 0.5) is 5.69 Å². The van der Waals surface area contributed by atoms with Crippen LogP contribution in [0.1, 0.15) is 5.56 Å². The van der Waals surface area contributed by atoms with E-state index in [1.807, 2.05) is 6.07 Å². The van der Waals surface area contributed by atoms with E-state index >= 15 is 0 Å². The van der Waals surface area contributed by atoms with E-state index in [2.05, 4.69) is 43.6 Å². The number of anilines is 1. The van der Waals surface area contributed by atoms with Crippen LogP contribution in [-0.4, -0.2) is 45.8 Å². The van der Waals surface area contributed by atoms with Gasteiger partial charge in [-0.2, -0.15) is 0 Å². The molecule has 1 heterocycles. The zero-order valence-electron chi connectivity index (χ0n) is 12.0. The molecular weight excluding hydrogens is 358 g/mol. The highest BCUT2D eigenvalue weighted by atomic mass is 79.9. The molecule has 21 heavy (non-hydrogen) atoms. The lowest BCUT2D eigenvalue weighted by Gasteiger charge is -2.31. The van der Waals surface area contributed by atoms with Crippen molar-refractivity contribution in [2.75, 3.05) is 44.8 Å². The molecule has 118 valence electrons. The minimum Gasteiger partial charge on any atom is -0.378 e. The highest BCUT2D eigenvalue weighted by molar-refractivity contribution is 9.10. The Morgan fingerprint density at radius 3 is 2.76 bits per heavy atom. The van der Waals surface area contributed by atoms with E-state index in [0.717, 1.165) is 42.0 Å². The summed E-state index contributed by atoms with van der Waals surface area (Å²) in [4.78, 5) is 13.9. The van der Waals surface area contributed by atoms with Gasteiger partial charge in [0.2, 0.25) is 5.91 Å². The Hall–Kier alpha value is -0.820. The summed E-state index contributed by atoms with van der Waals surface area (Å²) < 4.78 is 6.44. The van der Waals surface area contributed by atoms with Gasteiger partial charge in [-0.1, -0.05) is 22.0 Å². The van der Waals surface area contributed by atoms with Crippen LogP contribution >= 0.6 is 28.3 Å². The molecule has 5 nitrogen and oxygen atoms in total. The number of ether oxygens (including phenoxy) is 1. The van der Waals surface area contributed by atoms with E-state index in [4.69, 9.17) is 4.74 Å². The molecule has 1 fully saturated rings. The molecule has 0 radical (unpaired) electrons. The van der Waals surface area contributed by atoms with Crippen LogP contribution in [0.25, 0.3) is 0 Å². The SMILES string of the molecule is CNCC(=O)NCc1ccc(Br)cc1N1CCOCC1.Cl. The smallest absolute Gasteiger partial charge is 0.234 e. The lowest BCUT2D eigenvalue weighted by atomic mass is 10.1. The quantitative estimate of drug-likeness (QED) is 0.816. The molecule has 0 spiro atoms. The van der Waals surface area contributed by atoms with Crippen molar-refractivity contribution in [1.29, 1.82) is 0 Å². The summed E-state index contributed by atoms with van der Waals surface area (Å²) in [5.41, 5.74) is 2.28. The van der Waals surface area contributed by atoms with Crippen molar-refractivity contribution in [3.8, 4) is 0 Å². The van der Waals surface area contributed by atoms with Crippen LogP contribution in [0.15, 0.2) is 22.7 Å². The first-order valence-corrected chi connectivity index (χ1v) is 7.52. The number of amides is 1.